The predicted molar refractivity (Wildman–Crippen MR) is 69.6 cm³/mol. The normalized spacial score (nSPS) is 10.7. The third kappa shape index (κ3) is 2.89. The molecule has 1 aromatic heterocycles. The van der Waals surface area contributed by atoms with E-state index in [0.717, 1.165) is 0 Å². The van der Waals surface area contributed by atoms with Gasteiger partial charge in [0.25, 0.3) is 0 Å². The summed E-state index contributed by atoms with van der Waals surface area (Å²) in [6.07, 6.45) is 0. The van der Waals surface area contributed by atoms with Crippen LogP contribution in [0.2, 0.25) is 10.0 Å². The van der Waals surface area contributed by atoms with E-state index >= 15 is 0 Å². The Balaban J connectivity index is 2.53. The van der Waals surface area contributed by atoms with Crippen molar-refractivity contribution in [1.82, 2.24) is 4.98 Å². The molecule has 0 amide bonds. The van der Waals surface area contributed by atoms with Crippen LogP contribution in [0.5, 0.6) is 0 Å². The number of carboxylic acid groups (broad SMARTS) is 1. The van der Waals surface area contributed by atoms with Crippen LogP contribution in [0.1, 0.15) is 16.2 Å². The second-order valence-electron chi connectivity index (χ2n) is 3.66. The first kappa shape index (κ1) is 13.9. The van der Waals surface area contributed by atoms with E-state index in [1.165, 1.54) is 7.11 Å². The van der Waals surface area contributed by atoms with Gasteiger partial charge >= 0.3 is 5.97 Å². The molecule has 0 bridgehead atoms. The third-order valence-electron chi connectivity index (χ3n) is 2.33. The molecular formula is C12H9Cl2NO4. The number of hydrogen-bond donors (Lipinski definition) is 1. The van der Waals surface area contributed by atoms with Crippen LogP contribution in [0.4, 0.5) is 0 Å². The quantitative estimate of drug-likeness (QED) is 0.936. The SMILES string of the molecule is COCc1nc(-c2cc(Cl)ccc2Cl)oc1C(=O)O. The van der Waals surface area contributed by atoms with E-state index in [1.54, 1.807) is 18.2 Å². The highest BCUT2D eigenvalue weighted by Crippen LogP contribution is 2.31. The summed E-state index contributed by atoms with van der Waals surface area (Å²) in [6, 6.07) is 4.75. The molecule has 0 fully saturated rings. The Labute approximate surface area is 118 Å². The van der Waals surface area contributed by atoms with Crippen molar-refractivity contribution in [1.29, 1.82) is 0 Å². The lowest BCUT2D eigenvalue weighted by Crippen LogP contribution is -2.00. The van der Waals surface area contributed by atoms with Gasteiger partial charge < -0.3 is 14.3 Å². The van der Waals surface area contributed by atoms with E-state index in [1.807, 2.05) is 0 Å². The van der Waals surface area contributed by atoms with Gasteiger partial charge in [0, 0.05) is 12.1 Å². The van der Waals surface area contributed by atoms with Gasteiger partial charge in [-0.15, -0.1) is 0 Å². The van der Waals surface area contributed by atoms with E-state index in [2.05, 4.69) is 4.98 Å². The molecule has 0 radical (unpaired) electrons. The van der Waals surface area contributed by atoms with Gasteiger partial charge in [-0.1, -0.05) is 23.2 Å². The maximum atomic E-state index is 11.0. The Morgan fingerprint density at radius 1 is 1.47 bits per heavy atom. The first-order valence-electron chi connectivity index (χ1n) is 5.20. The van der Waals surface area contributed by atoms with Gasteiger partial charge in [0.1, 0.15) is 5.69 Å². The molecule has 0 saturated carbocycles. The average Bonchev–Trinajstić information content (AvgIpc) is 2.77. The van der Waals surface area contributed by atoms with E-state index < -0.39 is 5.97 Å². The van der Waals surface area contributed by atoms with Gasteiger partial charge in [0.05, 0.1) is 17.2 Å². The molecule has 7 heteroatoms. The second-order valence-corrected chi connectivity index (χ2v) is 4.50. The molecule has 19 heavy (non-hydrogen) atoms. The molecule has 0 spiro atoms. The number of methoxy groups -OCH3 is 1. The lowest BCUT2D eigenvalue weighted by atomic mass is 10.2. The van der Waals surface area contributed by atoms with Crippen molar-refractivity contribution in [2.75, 3.05) is 7.11 Å². The summed E-state index contributed by atoms with van der Waals surface area (Å²) in [5.41, 5.74) is 0.625. The van der Waals surface area contributed by atoms with Gasteiger partial charge in [0.2, 0.25) is 11.7 Å². The van der Waals surface area contributed by atoms with Gasteiger partial charge in [-0.3, -0.25) is 0 Å². The number of nitrogens with zero attached hydrogens (tertiary/aromatic N) is 1. The molecule has 0 aliphatic heterocycles. The summed E-state index contributed by atoms with van der Waals surface area (Å²) < 4.78 is 10.1. The molecule has 1 N–H and O–H groups in total. The highest BCUT2D eigenvalue weighted by Gasteiger charge is 2.21. The highest BCUT2D eigenvalue weighted by atomic mass is 35.5. The minimum Gasteiger partial charge on any atom is -0.475 e. The van der Waals surface area contributed by atoms with Crippen LogP contribution >= 0.6 is 23.2 Å². The van der Waals surface area contributed by atoms with Crippen LogP contribution in [-0.4, -0.2) is 23.2 Å². The fourth-order valence-electron chi connectivity index (χ4n) is 1.53. The second kappa shape index (κ2) is 5.61. The first-order valence-corrected chi connectivity index (χ1v) is 5.96. The van der Waals surface area contributed by atoms with Crippen molar-refractivity contribution >= 4 is 29.2 Å². The van der Waals surface area contributed by atoms with Crippen LogP contribution in [-0.2, 0) is 11.3 Å². The molecule has 100 valence electrons. The molecule has 0 unspecified atom stereocenters. The smallest absolute Gasteiger partial charge is 0.373 e. The number of benzene rings is 1. The van der Waals surface area contributed by atoms with E-state index in [-0.39, 0.29) is 24.0 Å². The Hall–Kier alpha value is -1.56. The van der Waals surface area contributed by atoms with E-state index in [0.29, 0.717) is 15.6 Å². The van der Waals surface area contributed by atoms with Crippen LogP contribution in [0, 0.1) is 0 Å². The number of carboxylic acids is 1. The molecule has 0 atom stereocenters. The van der Waals surface area contributed by atoms with Crippen molar-refractivity contribution in [2.45, 2.75) is 6.61 Å². The number of hydrogen-bond acceptors (Lipinski definition) is 4. The molecule has 2 aromatic rings. The lowest BCUT2D eigenvalue weighted by molar-refractivity contribution is 0.0656. The average molecular weight is 302 g/mol. The monoisotopic (exact) mass is 301 g/mol. The first-order chi connectivity index (χ1) is 9.02. The number of rotatable bonds is 4. The lowest BCUT2D eigenvalue weighted by Gasteiger charge is -1.99. The molecule has 2 rings (SSSR count). The van der Waals surface area contributed by atoms with Gasteiger partial charge in [-0.05, 0) is 18.2 Å². The zero-order chi connectivity index (χ0) is 14.0. The number of carbonyl (C=O) groups is 1. The molecule has 1 aromatic carbocycles. The summed E-state index contributed by atoms with van der Waals surface area (Å²) in [5.74, 6) is -1.39. The Kier molecular flexibility index (Phi) is 4.09. The zero-order valence-electron chi connectivity index (χ0n) is 9.81. The summed E-state index contributed by atoms with van der Waals surface area (Å²) in [5, 5.41) is 9.84. The summed E-state index contributed by atoms with van der Waals surface area (Å²) in [6.45, 7) is 0.0311. The molecule has 0 saturated heterocycles. The van der Waals surface area contributed by atoms with E-state index in [4.69, 9.17) is 37.5 Å². The van der Waals surface area contributed by atoms with Crippen molar-refractivity contribution in [3.63, 3.8) is 0 Å². The maximum absolute atomic E-state index is 11.0. The molecule has 5 nitrogen and oxygen atoms in total. The highest BCUT2D eigenvalue weighted by molar-refractivity contribution is 6.35. The van der Waals surface area contributed by atoms with Gasteiger partial charge in [-0.2, -0.15) is 0 Å². The number of aromatic carboxylic acids is 1. The van der Waals surface area contributed by atoms with Gasteiger partial charge in [-0.25, -0.2) is 9.78 Å². The Bertz CT molecular complexity index is 624. The third-order valence-corrected chi connectivity index (χ3v) is 2.90. The minimum absolute atomic E-state index is 0.0311. The standard InChI is InChI=1S/C12H9Cl2NO4/c1-18-5-9-10(12(16)17)19-11(15-9)7-4-6(13)2-3-8(7)14/h2-4H,5H2,1H3,(H,16,17). The number of ether oxygens (including phenoxy) is 1. The fourth-order valence-corrected chi connectivity index (χ4v) is 1.90. The minimum atomic E-state index is -1.22. The molecule has 0 aliphatic rings. The summed E-state index contributed by atoms with van der Waals surface area (Å²) in [4.78, 5) is 15.1. The van der Waals surface area contributed by atoms with E-state index in [9.17, 15) is 4.79 Å². The number of aromatic nitrogens is 1. The number of oxazole rings is 1. The molecule has 1 heterocycles. The largest absolute Gasteiger partial charge is 0.475 e. The van der Waals surface area contributed by atoms with Gasteiger partial charge in [0.15, 0.2) is 0 Å². The summed E-state index contributed by atoms with van der Waals surface area (Å²) in [7, 11) is 1.44. The van der Waals surface area contributed by atoms with Crippen LogP contribution in [0.3, 0.4) is 0 Å². The van der Waals surface area contributed by atoms with Crippen LogP contribution in [0.25, 0.3) is 11.5 Å². The predicted octanol–water partition coefficient (Wildman–Crippen LogP) is 3.49. The fraction of sp³-hybridized carbons (Fsp3) is 0.167. The Morgan fingerprint density at radius 2 is 2.21 bits per heavy atom. The maximum Gasteiger partial charge on any atom is 0.373 e. The molecule has 0 aliphatic carbocycles. The molecular weight excluding hydrogens is 293 g/mol. The van der Waals surface area contributed by atoms with Crippen molar-refractivity contribution in [3.8, 4) is 11.5 Å². The number of halogens is 2. The summed E-state index contributed by atoms with van der Waals surface area (Å²) >= 11 is 11.9. The van der Waals surface area contributed by atoms with Crippen molar-refractivity contribution in [2.24, 2.45) is 0 Å². The topological polar surface area (TPSA) is 72.6 Å². The zero-order valence-corrected chi connectivity index (χ0v) is 11.3. The van der Waals surface area contributed by atoms with Crippen molar-refractivity contribution in [3.05, 3.63) is 39.7 Å². The van der Waals surface area contributed by atoms with Crippen LogP contribution in [0.15, 0.2) is 22.6 Å². The van der Waals surface area contributed by atoms with Crippen LogP contribution < -0.4 is 0 Å². The Morgan fingerprint density at radius 3 is 2.84 bits per heavy atom. The van der Waals surface area contributed by atoms with Crippen molar-refractivity contribution < 1.29 is 19.1 Å².